The van der Waals surface area contributed by atoms with E-state index in [4.69, 9.17) is 0 Å². The molecular weight excluding hydrogens is 246 g/mol. The zero-order valence-electron chi connectivity index (χ0n) is 8.70. The third-order valence-corrected chi connectivity index (χ3v) is 6.05. The highest BCUT2D eigenvalue weighted by molar-refractivity contribution is 7.91. The summed E-state index contributed by atoms with van der Waals surface area (Å²) in [6.45, 7) is 0.896. The number of carbonyl (C=O) groups excluding carboxylic acids is 1. The lowest BCUT2D eigenvalue weighted by Gasteiger charge is -2.28. The summed E-state index contributed by atoms with van der Waals surface area (Å²) in [5.74, 6) is 0.0229. The monoisotopic (exact) mass is 259 g/mol. The number of nitrogens with zero attached hydrogens (tertiary/aromatic N) is 1. The molecule has 0 unspecified atom stereocenters. The number of sulfonamides is 1. The zero-order valence-corrected chi connectivity index (χ0v) is 10.3. The van der Waals surface area contributed by atoms with E-state index in [2.05, 4.69) is 0 Å². The van der Waals surface area contributed by atoms with Gasteiger partial charge in [0.05, 0.1) is 0 Å². The highest BCUT2D eigenvalue weighted by Gasteiger charge is 2.29. The van der Waals surface area contributed by atoms with Crippen LogP contribution in [0.3, 0.4) is 0 Å². The van der Waals surface area contributed by atoms with E-state index in [1.165, 1.54) is 15.6 Å². The lowest BCUT2D eigenvalue weighted by Crippen LogP contribution is -2.38. The van der Waals surface area contributed by atoms with E-state index in [-0.39, 0.29) is 5.92 Å². The van der Waals surface area contributed by atoms with Crippen molar-refractivity contribution in [1.82, 2.24) is 4.31 Å². The molecule has 2 heterocycles. The molecule has 0 N–H and O–H groups in total. The second kappa shape index (κ2) is 4.65. The summed E-state index contributed by atoms with van der Waals surface area (Å²) in [4.78, 5) is 10.6. The standard InChI is InChI=1S/C10H13NO3S2/c12-8-9-3-5-11(6-4-9)16(13,14)10-2-1-7-15-10/h1-2,7-9H,3-6H2. The number of hydrogen-bond acceptors (Lipinski definition) is 4. The first kappa shape index (κ1) is 11.8. The van der Waals surface area contributed by atoms with Gasteiger partial charge in [0.1, 0.15) is 10.5 Å². The van der Waals surface area contributed by atoms with Crippen molar-refractivity contribution in [3.63, 3.8) is 0 Å². The van der Waals surface area contributed by atoms with E-state index in [1.807, 2.05) is 0 Å². The van der Waals surface area contributed by atoms with Gasteiger partial charge in [-0.2, -0.15) is 4.31 Å². The minimum Gasteiger partial charge on any atom is -0.303 e. The van der Waals surface area contributed by atoms with Gasteiger partial charge < -0.3 is 4.79 Å². The molecule has 16 heavy (non-hydrogen) atoms. The van der Waals surface area contributed by atoms with Crippen LogP contribution in [-0.2, 0) is 14.8 Å². The van der Waals surface area contributed by atoms with Crippen LogP contribution in [0.4, 0.5) is 0 Å². The van der Waals surface area contributed by atoms with Crippen LogP contribution in [0.2, 0.25) is 0 Å². The Morgan fingerprint density at radius 1 is 1.38 bits per heavy atom. The van der Waals surface area contributed by atoms with Crippen molar-refractivity contribution in [2.45, 2.75) is 17.1 Å². The Bertz CT molecular complexity index is 444. The fourth-order valence-electron chi connectivity index (χ4n) is 1.79. The van der Waals surface area contributed by atoms with Gasteiger partial charge in [0, 0.05) is 19.0 Å². The summed E-state index contributed by atoms with van der Waals surface area (Å²) in [6.07, 6.45) is 2.19. The van der Waals surface area contributed by atoms with Crippen molar-refractivity contribution in [3.05, 3.63) is 17.5 Å². The van der Waals surface area contributed by atoms with Crippen LogP contribution in [0.25, 0.3) is 0 Å². The predicted molar refractivity (Wildman–Crippen MR) is 61.9 cm³/mol. The fraction of sp³-hybridized carbons (Fsp3) is 0.500. The summed E-state index contributed by atoms with van der Waals surface area (Å²) in [7, 11) is -3.31. The van der Waals surface area contributed by atoms with Crippen molar-refractivity contribution in [1.29, 1.82) is 0 Å². The van der Waals surface area contributed by atoms with Gasteiger partial charge in [0.15, 0.2) is 0 Å². The van der Waals surface area contributed by atoms with Crippen LogP contribution in [-0.4, -0.2) is 32.1 Å². The first-order valence-corrected chi connectivity index (χ1v) is 7.45. The molecule has 1 aromatic heterocycles. The van der Waals surface area contributed by atoms with E-state index in [0.29, 0.717) is 30.1 Å². The van der Waals surface area contributed by atoms with Crippen molar-refractivity contribution in [2.75, 3.05) is 13.1 Å². The summed E-state index contributed by atoms with van der Waals surface area (Å²) in [6, 6.07) is 3.35. The summed E-state index contributed by atoms with van der Waals surface area (Å²) in [5.41, 5.74) is 0. The van der Waals surface area contributed by atoms with Crippen LogP contribution in [0.1, 0.15) is 12.8 Å². The van der Waals surface area contributed by atoms with Gasteiger partial charge in [-0.15, -0.1) is 11.3 Å². The van der Waals surface area contributed by atoms with Gasteiger partial charge in [0.25, 0.3) is 10.0 Å². The molecule has 0 amide bonds. The largest absolute Gasteiger partial charge is 0.303 e. The first-order valence-electron chi connectivity index (χ1n) is 5.13. The molecule has 0 aliphatic carbocycles. The average molecular weight is 259 g/mol. The van der Waals surface area contributed by atoms with Crippen molar-refractivity contribution < 1.29 is 13.2 Å². The Hall–Kier alpha value is -0.720. The van der Waals surface area contributed by atoms with Gasteiger partial charge in [-0.05, 0) is 24.3 Å². The lowest BCUT2D eigenvalue weighted by atomic mass is 10.0. The Morgan fingerprint density at radius 2 is 2.06 bits per heavy atom. The fourth-order valence-corrected chi connectivity index (χ4v) is 4.40. The van der Waals surface area contributed by atoms with Crippen LogP contribution >= 0.6 is 11.3 Å². The van der Waals surface area contributed by atoms with Crippen LogP contribution < -0.4 is 0 Å². The smallest absolute Gasteiger partial charge is 0.252 e. The summed E-state index contributed by atoms with van der Waals surface area (Å²) >= 11 is 1.23. The van der Waals surface area contributed by atoms with Gasteiger partial charge in [-0.1, -0.05) is 6.07 Å². The Labute approximate surface area is 98.9 Å². The van der Waals surface area contributed by atoms with Gasteiger partial charge in [-0.3, -0.25) is 0 Å². The quantitative estimate of drug-likeness (QED) is 0.770. The second-order valence-corrected chi connectivity index (χ2v) is 6.92. The molecule has 0 spiro atoms. The molecule has 0 bridgehead atoms. The minimum absolute atomic E-state index is 0.0229. The van der Waals surface area contributed by atoms with E-state index < -0.39 is 10.0 Å². The highest BCUT2D eigenvalue weighted by Crippen LogP contribution is 2.25. The zero-order chi connectivity index (χ0) is 11.6. The molecule has 1 aromatic rings. The third-order valence-electron chi connectivity index (χ3n) is 2.78. The predicted octanol–water partition coefficient (Wildman–Crippen LogP) is 1.35. The maximum absolute atomic E-state index is 12.1. The number of rotatable bonds is 3. The van der Waals surface area contributed by atoms with E-state index >= 15 is 0 Å². The second-order valence-electron chi connectivity index (χ2n) is 3.81. The molecule has 1 saturated heterocycles. The Balaban J connectivity index is 2.12. The summed E-state index contributed by atoms with van der Waals surface area (Å²) < 4.78 is 26.0. The number of aldehydes is 1. The number of hydrogen-bond donors (Lipinski definition) is 0. The third kappa shape index (κ3) is 2.18. The molecule has 6 heteroatoms. The molecule has 2 rings (SSSR count). The van der Waals surface area contributed by atoms with E-state index in [0.717, 1.165) is 6.29 Å². The maximum atomic E-state index is 12.1. The molecule has 1 aliphatic rings. The number of thiophene rings is 1. The summed E-state index contributed by atoms with van der Waals surface area (Å²) in [5, 5.41) is 1.76. The molecule has 1 fully saturated rings. The molecule has 4 nitrogen and oxygen atoms in total. The normalized spacial score (nSPS) is 19.8. The first-order chi connectivity index (χ1) is 7.64. The van der Waals surface area contributed by atoms with Gasteiger partial charge in [0.2, 0.25) is 0 Å². The Kier molecular flexibility index (Phi) is 3.41. The number of piperidine rings is 1. The average Bonchev–Trinajstić information content (AvgIpc) is 2.83. The van der Waals surface area contributed by atoms with Gasteiger partial charge in [-0.25, -0.2) is 8.42 Å². The van der Waals surface area contributed by atoms with Crippen LogP contribution in [0.5, 0.6) is 0 Å². The molecule has 0 atom stereocenters. The topological polar surface area (TPSA) is 54.5 Å². The molecule has 0 radical (unpaired) electrons. The minimum atomic E-state index is -3.31. The number of carbonyl (C=O) groups is 1. The SMILES string of the molecule is O=CC1CCN(S(=O)(=O)c2cccs2)CC1. The van der Waals surface area contributed by atoms with Crippen LogP contribution in [0.15, 0.2) is 21.7 Å². The maximum Gasteiger partial charge on any atom is 0.252 e. The molecule has 0 saturated carbocycles. The molecular formula is C10H13NO3S2. The van der Waals surface area contributed by atoms with Crippen molar-refractivity contribution in [3.8, 4) is 0 Å². The van der Waals surface area contributed by atoms with E-state index in [9.17, 15) is 13.2 Å². The van der Waals surface area contributed by atoms with E-state index in [1.54, 1.807) is 17.5 Å². The Morgan fingerprint density at radius 3 is 2.56 bits per heavy atom. The van der Waals surface area contributed by atoms with Gasteiger partial charge >= 0.3 is 0 Å². The molecule has 88 valence electrons. The lowest BCUT2D eigenvalue weighted by molar-refractivity contribution is -0.112. The highest BCUT2D eigenvalue weighted by atomic mass is 32.2. The van der Waals surface area contributed by atoms with Crippen molar-refractivity contribution >= 4 is 27.6 Å². The molecule has 1 aliphatic heterocycles. The van der Waals surface area contributed by atoms with Crippen molar-refractivity contribution in [2.24, 2.45) is 5.92 Å². The van der Waals surface area contributed by atoms with Crippen LogP contribution in [0, 0.1) is 5.92 Å². The molecule has 0 aromatic carbocycles.